The van der Waals surface area contributed by atoms with E-state index >= 15 is 0 Å². The highest BCUT2D eigenvalue weighted by molar-refractivity contribution is 5.26. The molecule has 0 saturated carbocycles. The molecule has 0 saturated heterocycles. The number of hydrogen-bond donors (Lipinski definition) is 1. The number of ether oxygens (including phenoxy) is 1. The summed E-state index contributed by atoms with van der Waals surface area (Å²) in [4.78, 5) is 0. The van der Waals surface area contributed by atoms with E-state index in [-0.39, 0.29) is 6.04 Å². The Kier molecular flexibility index (Phi) is 4.79. The molecule has 1 unspecified atom stereocenters. The minimum atomic E-state index is 0.288. The van der Waals surface area contributed by atoms with Crippen LogP contribution >= 0.6 is 0 Å². The van der Waals surface area contributed by atoms with Crippen molar-refractivity contribution < 1.29 is 4.74 Å². The lowest BCUT2D eigenvalue weighted by atomic mass is 10.2. The van der Waals surface area contributed by atoms with Gasteiger partial charge in [0.25, 0.3) is 0 Å². The van der Waals surface area contributed by atoms with Gasteiger partial charge in [-0.2, -0.15) is 5.10 Å². The molecule has 2 rings (SSSR count). The molecule has 4 nitrogen and oxygen atoms in total. The van der Waals surface area contributed by atoms with Crippen LogP contribution in [0, 0.1) is 13.8 Å². The maximum absolute atomic E-state index is 5.76. The summed E-state index contributed by atoms with van der Waals surface area (Å²) >= 11 is 0. The summed E-state index contributed by atoms with van der Waals surface area (Å²) in [6.07, 6.45) is 1.91. The lowest BCUT2D eigenvalue weighted by molar-refractivity contribution is 0.272. The Balaban J connectivity index is 1.76. The zero-order chi connectivity index (χ0) is 14.5. The van der Waals surface area contributed by atoms with Crippen molar-refractivity contribution >= 4 is 0 Å². The summed E-state index contributed by atoms with van der Waals surface area (Å²) in [5.74, 6) is 0.918. The van der Waals surface area contributed by atoms with Crippen molar-refractivity contribution in [1.82, 2.24) is 15.1 Å². The van der Waals surface area contributed by atoms with Crippen LogP contribution in [0.3, 0.4) is 0 Å². The van der Waals surface area contributed by atoms with Crippen molar-refractivity contribution in [2.24, 2.45) is 7.05 Å². The smallest absolute Gasteiger partial charge is 0.119 e. The molecule has 1 aromatic heterocycles. The molecule has 1 N–H and O–H groups in total. The van der Waals surface area contributed by atoms with Gasteiger partial charge in [0.2, 0.25) is 0 Å². The zero-order valence-electron chi connectivity index (χ0n) is 12.7. The Bertz CT molecular complexity index is 545. The standard InChI is InChI=1S/C16H23N3O/c1-12-5-7-16(8-6-12)20-11-13(2)17-9-15-10-18-19(4)14(15)3/h5-8,10,13,17H,9,11H2,1-4H3. The van der Waals surface area contributed by atoms with E-state index < -0.39 is 0 Å². The second-order valence-electron chi connectivity index (χ2n) is 5.28. The molecule has 1 atom stereocenters. The summed E-state index contributed by atoms with van der Waals surface area (Å²) in [5.41, 5.74) is 3.68. The van der Waals surface area contributed by atoms with Crippen LogP contribution in [-0.2, 0) is 13.6 Å². The number of benzene rings is 1. The second-order valence-corrected chi connectivity index (χ2v) is 5.28. The number of rotatable bonds is 6. The quantitative estimate of drug-likeness (QED) is 0.879. The van der Waals surface area contributed by atoms with E-state index in [9.17, 15) is 0 Å². The molecule has 0 aliphatic heterocycles. The number of nitrogens with zero attached hydrogens (tertiary/aromatic N) is 2. The Morgan fingerprint density at radius 3 is 2.55 bits per heavy atom. The molecule has 0 fully saturated rings. The highest BCUT2D eigenvalue weighted by atomic mass is 16.5. The van der Waals surface area contributed by atoms with Gasteiger partial charge in [-0.25, -0.2) is 0 Å². The van der Waals surface area contributed by atoms with Gasteiger partial charge in [-0.1, -0.05) is 17.7 Å². The summed E-state index contributed by atoms with van der Waals surface area (Å²) in [6.45, 7) is 7.75. The Labute approximate surface area is 120 Å². The van der Waals surface area contributed by atoms with Crippen LogP contribution < -0.4 is 10.1 Å². The average molecular weight is 273 g/mol. The maximum Gasteiger partial charge on any atom is 0.119 e. The number of hydrogen-bond acceptors (Lipinski definition) is 3. The van der Waals surface area contributed by atoms with Gasteiger partial charge in [0.15, 0.2) is 0 Å². The zero-order valence-corrected chi connectivity index (χ0v) is 12.7. The van der Waals surface area contributed by atoms with Crippen LogP contribution in [0.1, 0.15) is 23.7 Å². The predicted octanol–water partition coefficient (Wildman–Crippen LogP) is 2.59. The molecule has 2 aromatic rings. The van der Waals surface area contributed by atoms with E-state index in [0.717, 1.165) is 12.3 Å². The summed E-state index contributed by atoms with van der Waals surface area (Å²) in [7, 11) is 1.96. The van der Waals surface area contributed by atoms with E-state index in [1.165, 1.54) is 16.8 Å². The van der Waals surface area contributed by atoms with Gasteiger partial charge in [0, 0.05) is 30.9 Å². The van der Waals surface area contributed by atoms with Gasteiger partial charge < -0.3 is 10.1 Å². The topological polar surface area (TPSA) is 39.1 Å². The van der Waals surface area contributed by atoms with Crippen LogP contribution in [0.5, 0.6) is 5.75 Å². The molecule has 0 bridgehead atoms. The predicted molar refractivity (Wildman–Crippen MR) is 80.9 cm³/mol. The number of aryl methyl sites for hydroxylation is 2. The third-order valence-corrected chi connectivity index (χ3v) is 3.50. The molecule has 0 aliphatic carbocycles. The molecule has 0 radical (unpaired) electrons. The Morgan fingerprint density at radius 2 is 1.95 bits per heavy atom. The van der Waals surface area contributed by atoms with E-state index in [0.29, 0.717) is 6.61 Å². The highest BCUT2D eigenvalue weighted by Crippen LogP contribution is 2.11. The van der Waals surface area contributed by atoms with Crippen molar-refractivity contribution in [2.45, 2.75) is 33.4 Å². The Hall–Kier alpha value is -1.81. The molecule has 108 valence electrons. The molecular formula is C16H23N3O. The SMILES string of the molecule is Cc1ccc(OCC(C)NCc2cnn(C)c2C)cc1. The fourth-order valence-corrected chi connectivity index (χ4v) is 1.92. The minimum Gasteiger partial charge on any atom is -0.492 e. The summed E-state index contributed by atoms with van der Waals surface area (Å²) in [6, 6.07) is 8.43. The third-order valence-electron chi connectivity index (χ3n) is 3.50. The monoisotopic (exact) mass is 273 g/mol. The van der Waals surface area contributed by atoms with Crippen LogP contribution in [-0.4, -0.2) is 22.4 Å². The van der Waals surface area contributed by atoms with E-state index in [4.69, 9.17) is 4.74 Å². The van der Waals surface area contributed by atoms with Gasteiger partial charge in [0.05, 0.1) is 6.20 Å². The van der Waals surface area contributed by atoms with Crippen LogP contribution in [0.2, 0.25) is 0 Å². The van der Waals surface area contributed by atoms with Gasteiger partial charge in [0.1, 0.15) is 12.4 Å². The summed E-state index contributed by atoms with van der Waals surface area (Å²) in [5, 5.41) is 7.70. The maximum atomic E-state index is 5.76. The first-order valence-electron chi connectivity index (χ1n) is 6.96. The van der Waals surface area contributed by atoms with E-state index in [1.54, 1.807) is 0 Å². The molecule has 20 heavy (non-hydrogen) atoms. The molecule has 4 heteroatoms. The minimum absolute atomic E-state index is 0.288. The van der Waals surface area contributed by atoms with E-state index in [2.05, 4.69) is 43.3 Å². The van der Waals surface area contributed by atoms with Crippen molar-refractivity contribution in [3.8, 4) is 5.75 Å². The highest BCUT2D eigenvalue weighted by Gasteiger charge is 2.07. The van der Waals surface area contributed by atoms with Gasteiger partial charge in [-0.05, 0) is 32.9 Å². The van der Waals surface area contributed by atoms with Crippen molar-refractivity contribution in [2.75, 3.05) is 6.61 Å². The molecule has 0 amide bonds. The van der Waals surface area contributed by atoms with Crippen LogP contribution in [0.4, 0.5) is 0 Å². The van der Waals surface area contributed by atoms with Gasteiger partial charge in [-0.15, -0.1) is 0 Å². The van der Waals surface area contributed by atoms with Crippen molar-refractivity contribution in [3.63, 3.8) is 0 Å². The number of aromatic nitrogens is 2. The van der Waals surface area contributed by atoms with Crippen molar-refractivity contribution in [1.29, 1.82) is 0 Å². The lowest BCUT2D eigenvalue weighted by Gasteiger charge is -2.15. The fourth-order valence-electron chi connectivity index (χ4n) is 1.92. The average Bonchev–Trinajstić information content (AvgIpc) is 2.76. The van der Waals surface area contributed by atoms with E-state index in [1.807, 2.05) is 30.1 Å². The van der Waals surface area contributed by atoms with Crippen LogP contribution in [0.15, 0.2) is 30.5 Å². The first kappa shape index (κ1) is 14.6. The molecule has 0 aliphatic rings. The first-order valence-corrected chi connectivity index (χ1v) is 6.96. The Morgan fingerprint density at radius 1 is 1.25 bits per heavy atom. The van der Waals surface area contributed by atoms with Gasteiger partial charge in [-0.3, -0.25) is 4.68 Å². The molecule has 1 heterocycles. The first-order chi connectivity index (χ1) is 9.56. The molecule has 0 spiro atoms. The normalized spacial score (nSPS) is 12.4. The molecular weight excluding hydrogens is 250 g/mol. The third kappa shape index (κ3) is 3.84. The number of nitrogens with one attached hydrogen (secondary N) is 1. The summed E-state index contributed by atoms with van der Waals surface area (Å²) < 4.78 is 7.66. The van der Waals surface area contributed by atoms with Crippen LogP contribution in [0.25, 0.3) is 0 Å². The van der Waals surface area contributed by atoms with Gasteiger partial charge >= 0.3 is 0 Å². The molecule has 1 aromatic carbocycles. The lowest BCUT2D eigenvalue weighted by Crippen LogP contribution is -2.31. The fraction of sp³-hybridized carbons (Fsp3) is 0.438. The second kappa shape index (κ2) is 6.57. The van der Waals surface area contributed by atoms with Crippen molar-refractivity contribution in [3.05, 3.63) is 47.3 Å². The largest absolute Gasteiger partial charge is 0.492 e.